The van der Waals surface area contributed by atoms with Gasteiger partial charge in [0.1, 0.15) is 5.82 Å². The van der Waals surface area contributed by atoms with Crippen LogP contribution < -0.4 is 10.6 Å². The number of hydrogen-bond acceptors (Lipinski definition) is 2. The van der Waals surface area contributed by atoms with Crippen molar-refractivity contribution in [2.24, 2.45) is 10.4 Å². The van der Waals surface area contributed by atoms with Crippen molar-refractivity contribution in [3.63, 3.8) is 0 Å². The third-order valence-corrected chi connectivity index (χ3v) is 3.91. The molecule has 2 N–H and O–H groups in total. The van der Waals surface area contributed by atoms with Crippen molar-refractivity contribution >= 4 is 5.96 Å². The molecule has 1 aliphatic rings. The molecule has 1 aromatic rings. The Bertz CT molecular complexity index is 541. The lowest BCUT2D eigenvalue weighted by Crippen LogP contribution is -2.44. The van der Waals surface area contributed by atoms with Gasteiger partial charge in [0.05, 0.1) is 25.8 Å². The van der Waals surface area contributed by atoms with E-state index in [1.807, 2.05) is 19.9 Å². The van der Waals surface area contributed by atoms with Gasteiger partial charge in [-0.1, -0.05) is 19.1 Å². The molecule has 1 atom stereocenters. The van der Waals surface area contributed by atoms with Crippen LogP contribution in [0.4, 0.5) is 4.39 Å². The third-order valence-electron chi connectivity index (χ3n) is 3.91. The number of hydrogen-bond donors (Lipinski definition) is 2. The first-order chi connectivity index (χ1) is 10.4. The average molecular weight is 307 g/mol. The highest BCUT2D eigenvalue weighted by atomic mass is 19.1. The Balaban J connectivity index is 2.02. The SMILES string of the molecule is CCNC(=NCC1(C)COC1)NC(C)c1ccc(C)c(F)c1. The number of aliphatic imine (C=N–C) groups is 1. The van der Waals surface area contributed by atoms with Crippen LogP contribution in [0, 0.1) is 18.2 Å². The molecule has 0 spiro atoms. The number of guanidine groups is 1. The Hall–Kier alpha value is -1.62. The lowest BCUT2D eigenvalue weighted by molar-refractivity contribution is -0.0945. The maximum atomic E-state index is 13.7. The van der Waals surface area contributed by atoms with Gasteiger partial charge in [0, 0.05) is 12.0 Å². The van der Waals surface area contributed by atoms with E-state index in [1.165, 1.54) is 0 Å². The number of benzene rings is 1. The molecule has 1 unspecified atom stereocenters. The van der Waals surface area contributed by atoms with Crippen molar-refractivity contribution in [3.05, 3.63) is 35.1 Å². The zero-order valence-electron chi connectivity index (χ0n) is 13.9. The summed E-state index contributed by atoms with van der Waals surface area (Å²) in [4.78, 5) is 4.63. The Morgan fingerprint density at radius 2 is 2.18 bits per heavy atom. The Morgan fingerprint density at radius 1 is 1.45 bits per heavy atom. The van der Waals surface area contributed by atoms with Gasteiger partial charge in [0.25, 0.3) is 0 Å². The van der Waals surface area contributed by atoms with Crippen LogP contribution in [0.5, 0.6) is 0 Å². The first-order valence-corrected chi connectivity index (χ1v) is 7.82. The van der Waals surface area contributed by atoms with Crippen LogP contribution in [0.2, 0.25) is 0 Å². The number of nitrogens with one attached hydrogen (secondary N) is 2. The topological polar surface area (TPSA) is 45.7 Å². The molecule has 5 heteroatoms. The van der Waals surface area contributed by atoms with E-state index in [4.69, 9.17) is 4.74 Å². The molecule has 0 aliphatic carbocycles. The van der Waals surface area contributed by atoms with Crippen LogP contribution in [0.3, 0.4) is 0 Å². The van der Waals surface area contributed by atoms with E-state index in [1.54, 1.807) is 19.1 Å². The summed E-state index contributed by atoms with van der Waals surface area (Å²) in [5.74, 6) is 0.580. The molecule has 1 aliphatic heterocycles. The summed E-state index contributed by atoms with van der Waals surface area (Å²) >= 11 is 0. The van der Waals surface area contributed by atoms with Crippen molar-refractivity contribution in [1.82, 2.24) is 10.6 Å². The monoisotopic (exact) mass is 307 g/mol. The summed E-state index contributed by atoms with van der Waals surface area (Å²) in [5, 5.41) is 6.57. The number of rotatable bonds is 5. The maximum absolute atomic E-state index is 13.7. The minimum Gasteiger partial charge on any atom is -0.380 e. The van der Waals surface area contributed by atoms with Crippen LogP contribution in [0.15, 0.2) is 23.2 Å². The van der Waals surface area contributed by atoms with Gasteiger partial charge >= 0.3 is 0 Å². The normalized spacial score (nSPS) is 18.5. The number of nitrogens with zero attached hydrogens (tertiary/aromatic N) is 1. The van der Waals surface area contributed by atoms with Crippen LogP contribution in [0.1, 0.15) is 37.9 Å². The zero-order chi connectivity index (χ0) is 16.2. The predicted molar refractivity (Wildman–Crippen MR) is 87.6 cm³/mol. The van der Waals surface area contributed by atoms with Crippen LogP contribution in [-0.2, 0) is 4.74 Å². The molecule has 0 radical (unpaired) electrons. The molecular weight excluding hydrogens is 281 g/mol. The molecule has 122 valence electrons. The van der Waals surface area contributed by atoms with Crippen molar-refractivity contribution in [2.45, 2.75) is 33.7 Å². The second-order valence-corrected chi connectivity index (χ2v) is 6.37. The highest BCUT2D eigenvalue weighted by Gasteiger charge is 2.33. The van der Waals surface area contributed by atoms with Crippen molar-refractivity contribution < 1.29 is 9.13 Å². The Morgan fingerprint density at radius 3 is 2.73 bits per heavy atom. The van der Waals surface area contributed by atoms with Crippen molar-refractivity contribution in [3.8, 4) is 0 Å². The summed E-state index contributed by atoms with van der Waals surface area (Å²) in [5.41, 5.74) is 1.71. The lowest BCUT2D eigenvalue weighted by atomic mass is 9.89. The van der Waals surface area contributed by atoms with Crippen LogP contribution >= 0.6 is 0 Å². The first-order valence-electron chi connectivity index (χ1n) is 7.82. The van der Waals surface area contributed by atoms with Crippen molar-refractivity contribution in [2.75, 3.05) is 26.3 Å². The minimum atomic E-state index is -0.174. The van der Waals surface area contributed by atoms with Gasteiger partial charge in [0.15, 0.2) is 5.96 Å². The summed E-state index contributed by atoms with van der Waals surface area (Å²) in [6, 6.07) is 5.32. The smallest absolute Gasteiger partial charge is 0.191 e. The molecule has 0 bridgehead atoms. The lowest BCUT2D eigenvalue weighted by Gasteiger charge is -2.36. The molecule has 0 saturated carbocycles. The van der Waals surface area contributed by atoms with E-state index < -0.39 is 0 Å². The second-order valence-electron chi connectivity index (χ2n) is 6.37. The molecule has 1 aromatic carbocycles. The maximum Gasteiger partial charge on any atom is 0.191 e. The molecule has 2 rings (SSSR count). The fourth-order valence-corrected chi connectivity index (χ4v) is 2.30. The number of halogens is 1. The minimum absolute atomic E-state index is 0.0154. The highest BCUT2D eigenvalue weighted by Crippen LogP contribution is 2.26. The highest BCUT2D eigenvalue weighted by molar-refractivity contribution is 5.80. The third kappa shape index (κ3) is 4.19. The average Bonchev–Trinajstić information content (AvgIpc) is 2.45. The van der Waals surface area contributed by atoms with E-state index in [2.05, 4.69) is 22.5 Å². The van der Waals surface area contributed by atoms with Gasteiger partial charge in [-0.2, -0.15) is 0 Å². The van der Waals surface area contributed by atoms with Gasteiger partial charge in [0.2, 0.25) is 0 Å². The fraction of sp³-hybridized carbons (Fsp3) is 0.588. The summed E-state index contributed by atoms with van der Waals surface area (Å²) in [6.45, 7) is 11.0. The first kappa shape index (κ1) is 16.7. The summed E-state index contributed by atoms with van der Waals surface area (Å²) in [6.07, 6.45) is 0. The molecule has 22 heavy (non-hydrogen) atoms. The largest absolute Gasteiger partial charge is 0.380 e. The van der Waals surface area contributed by atoms with Gasteiger partial charge in [-0.15, -0.1) is 0 Å². The van der Waals surface area contributed by atoms with E-state index >= 15 is 0 Å². The Kier molecular flexibility index (Phi) is 5.40. The van der Waals surface area contributed by atoms with E-state index in [-0.39, 0.29) is 17.3 Å². The van der Waals surface area contributed by atoms with E-state index in [0.29, 0.717) is 5.56 Å². The molecule has 0 aromatic heterocycles. The van der Waals surface area contributed by atoms with Gasteiger partial charge in [-0.05, 0) is 38.0 Å². The van der Waals surface area contributed by atoms with E-state index in [9.17, 15) is 4.39 Å². The van der Waals surface area contributed by atoms with Crippen LogP contribution in [-0.4, -0.2) is 32.3 Å². The molecule has 1 fully saturated rings. The molecule has 4 nitrogen and oxygen atoms in total. The number of aryl methyl sites for hydroxylation is 1. The summed E-state index contributed by atoms with van der Waals surface area (Å²) < 4.78 is 18.9. The fourth-order valence-electron chi connectivity index (χ4n) is 2.30. The predicted octanol–water partition coefficient (Wildman–Crippen LogP) is 2.79. The Labute approximate surface area is 132 Å². The van der Waals surface area contributed by atoms with Gasteiger partial charge in [-0.3, -0.25) is 4.99 Å². The van der Waals surface area contributed by atoms with Crippen molar-refractivity contribution in [1.29, 1.82) is 0 Å². The standard InChI is InChI=1S/C17H26FN3O/c1-5-19-16(20-9-17(4)10-22-11-17)21-13(3)14-7-6-12(2)15(18)8-14/h6-8,13H,5,9-11H2,1-4H3,(H2,19,20,21). The van der Waals surface area contributed by atoms with Gasteiger partial charge < -0.3 is 15.4 Å². The second kappa shape index (κ2) is 7.09. The van der Waals surface area contributed by atoms with E-state index in [0.717, 1.165) is 37.8 Å². The quantitative estimate of drug-likeness (QED) is 0.649. The molecule has 1 saturated heterocycles. The zero-order valence-corrected chi connectivity index (χ0v) is 13.9. The number of ether oxygens (including phenoxy) is 1. The van der Waals surface area contributed by atoms with Crippen LogP contribution in [0.25, 0.3) is 0 Å². The summed E-state index contributed by atoms with van der Waals surface area (Å²) in [7, 11) is 0. The van der Waals surface area contributed by atoms with Gasteiger partial charge in [-0.25, -0.2) is 4.39 Å². The molecular formula is C17H26FN3O. The molecule has 1 heterocycles. The molecule has 0 amide bonds.